The van der Waals surface area contributed by atoms with Gasteiger partial charge in [0.05, 0.1) is 35.5 Å². The van der Waals surface area contributed by atoms with Gasteiger partial charge in [-0.25, -0.2) is 19.2 Å². The molecule has 0 radical (unpaired) electrons. The fourth-order valence-corrected chi connectivity index (χ4v) is 2.44. The van der Waals surface area contributed by atoms with E-state index in [0.29, 0.717) is 0 Å². The van der Waals surface area contributed by atoms with Crippen LogP contribution in [-0.2, 0) is 18.9 Å². The summed E-state index contributed by atoms with van der Waals surface area (Å²) in [5, 5.41) is 28.6. The van der Waals surface area contributed by atoms with Crippen LogP contribution in [0.4, 0.5) is 0 Å². The zero-order valence-corrected chi connectivity index (χ0v) is 17.7. The molecule has 2 atom stereocenters. The van der Waals surface area contributed by atoms with Gasteiger partial charge in [-0.2, -0.15) is 0 Å². The van der Waals surface area contributed by atoms with E-state index in [1.54, 1.807) is 0 Å². The number of carbonyl (C=O) groups is 4. The number of aromatic hydroxyl groups is 1. The first-order valence-corrected chi connectivity index (χ1v) is 9.54. The number of hydrogen-bond donors (Lipinski definition) is 3. The van der Waals surface area contributed by atoms with E-state index < -0.39 is 48.6 Å². The van der Waals surface area contributed by atoms with Crippen LogP contribution in [0.15, 0.2) is 42.5 Å². The minimum Gasteiger partial charge on any atom is -0.508 e. The van der Waals surface area contributed by atoms with E-state index in [0.717, 1.165) is 25.3 Å². The summed E-state index contributed by atoms with van der Waals surface area (Å²) in [7, 11) is 1.12. The van der Waals surface area contributed by atoms with Crippen molar-refractivity contribution in [1.29, 1.82) is 0 Å². The van der Waals surface area contributed by atoms with Crippen LogP contribution < -0.4 is 0 Å². The number of aliphatic hydroxyl groups excluding tert-OH is 2. The maximum Gasteiger partial charge on any atom is 0.340 e. The smallest absolute Gasteiger partial charge is 0.340 e. The van der Waals surface area contributed by atoms with Gasteiger partial charge in [-0.05, 0) is 49.4 Å². The summed E-state index contributed by atoms with van der Waals surface area (Å²) in [4.78, 5) is 47.6. The van der Waals surface area contributed by atoms with Crippen molar-refractivity contribution in [3.63, 3.8) is 0 Å². The van der Waals surface area contributed by atoms with E-state index in [1.165, 1.54) is 31.2 Å². The number of rotatable bonds is 9. The maximum absolute atomic E-state index is 12.1. The Morgan fingerprint density at radius 1 is 0.758 bits per heavy atom. The van der Waals surface area contributed by atoms with Crippen molar-refractivity contribution >= 4 is 23.9 Å². The molecule has 0 aliphatic rings. The number of methoxy groups -OCH3 is 1. The molecule has 0 aromatic heterocycles. The molecule has 176 valence electrons. The minimum atomic E-state index is -1.83. The Morgan fingerprint density at radius 2 is 1.24 bits per heavy atom. The van der Waals surface area contributed by atoms with Crippen molar-refractivity contribution in [2.75, 3.05) is 20.3 Å². The molecule has 0 spiro atoms. The van der Waals surface area contributed by atoms with E-state index in [9.17, 15) is 29.4 Å². The SMILES string of the molecule is COC(=O)c1cc(O)cc(C(=O)OC(O)COC(=O)c2ccc(C(=O)OCC(C)O)cc2)c1. The van der Waals surface area contributed by atoms with Gasteiger partial charge in [-0.1, -0.05) is 0 Å². The molecule has 0 fully saturated rings. The molecule has 3 N–H and O–H groups in total. The zero-order chi connectivity index (χ0) is 24.5. The van der Waals surface area contributed by atoms with Crippen molar-refractivity contribution in [3.05, 3.63) is 64.7 Å². The first-order valence-electron chi connectivity index (χ1n) is 9.54. The number of phenolic OH excluding ortho intramolecular Hbond substituents is 1. The quantitative estimate of drug-likeness (QED) is 0.277. The number of carbonyl (C=O) groups excluding carboxylic acids is 4. The monoisotopic (exact) mass is 462 g/mol. The van der Waals surface area contributed by atoms with Crippen molar-refractivity contribution in [2.45, 2.75) is 19.3 Å². The molecule has 0 amide bonds. The molecule has 0 aliphatic carbocycles. The van der Waals surface area contributed by atoms with Gasteiger partial charge >= 0.3 is 23.9 Å². The largest absolute Gasteiger partial charge is 0.508 e. The molecule has 2 aromatic carbocycles. The lowest BCUT2D eigenvalue weighted by molar-refractivity contribution is -0.0947. The van der Waals surface area contributed by atoms with Gasteiger partial charge < -0.3 is 34.3 Å². The third-order valence-electron chi connectivity index (χ3n) is 3.99. The fourth-order valence-electron chi connectivity index (χ4n) is 2.44. The molecule has 2 rings (SSSR count). The number of esters is 4. The van der Waals surface area contributed by atoms with Crippen LogP contribution in [-0.4, -0.2) is 71.9 Å². The van der Waals surface area contributed by atoms with Gasteiger partial charge in [-0.15, -0.1) is 0 Å². The van der Waals surface area contributed by atoms with Crippen LogP contribution in [0.25, 0.3) is 0 Å². The molecule has 11 heteroatoms. The average molecular weight is 462 g/mol. The van der Waals surface area contributed by atoms with Crippen LogP contribution in [0, 0.1) is 0 Å². The lowest BCUT2D eigenvalue weighted by Crippen LogP contribution is -2.25. The van der Waals surface area contributed by atoms with Gasteiger partial charge in [-0.3, -0.25) is 0 Å². The molecule has 0 saturated heterocycles. The van der Waals surface area contributed by atoms with Crippen molar-refractivity contribution < 1.29 is 53.4 Å². The molecule has 33 heavy (non-hydrogen) atoms. The Bertz CT molecular complexity index is 1010. The van der Waals surface area contributed by atoms with E-state index in [4.69, 9.17) is 19.3 Å². The number of phenols is 1. The highest BCUT2D eigenvalue weighted by Gasteiger charge is 2.19. The standard InChI is InChI=1S/C22H22O11/c1-12(23)10-31-20(27)13-3-5-14(6-4-13)21(28)32-11-18(25)33-22(29)16-7-15(19(26)30-2)8-17(24)9-16/h3-9,12,18,23-25H,10-11H2,1-2H3. The van der Waals surface area contributed by atoms with Crippen LogP contribution >= 0.6 is 0 Å². The summed E-state index contributed by atoms with van der Waals surface area (Å²) in [6, 6.07) is 8.42. The first-order chi connectivity index (χ1) is 15.6. The summed E-state index contributed by atoms with van der Waals surface area (Å²) in [6.07, 6.45) is -2.65. The molecule has 0 saturated carbocycles. The summed E-state index contributed by atoms with van der Waals surface area (Å²) >= 11 is 0. The lowest BCUT2D eigenvalue weighted by atomic mass is 10.1. The van der Waals surface area contributed by atoms with Crippen molar-refractivity contribution in [1.82, 2.24) is 0 Å². The highest BCUT2D eigenvalue weighted by atomic mass is 16.7. The molecular formula is C22H22O11. The molecule has 11 nitrogen and oxygen atoms in total. The van der Waals surface area contributed by atoms with E-state index >= 15 is 0 Å². The summed E-state index contributed by atoms with van der Waals surface area (Å²) in [6.45, 7) is 0.582. The second-order valence-electron chi connectivity index (χ2n) is 6.74. The summed E-state index contributed by atoms with van der Waals surface area (Å²) in [5.41, 5.74) is -0.141. The Morgan fingerprint density at radius 3 is 1.73 bits per heavy atom. The lowest BCUT2D eigenvalue weighted by Gasteiger charge is -2.13. The van der Waals surface area contributed by atoms with Gasteiger partial charge in [0.1, 0.15) is 12.4 Å². The van der Waals surface area contributed by atoms with Gasteiger partial charge in [0, 0.05) is 0 Å². The highest BCUT2D eigenvalue weighted by molar-refractivity contribution is 5.96. The van der Waals surface area contributed by atoms with Crippen molar-refractivity contribution in [3.8, 4) is 5.75 Å². The highest BCUT2D eigenvalue weighted by Crippen LogP contribution is 2.18. The summed E-state index contributed by atoms with van der Waals surface area (Å²) < 4.78 is 19.0. The molecule has 0 bridgehead atoms. The molecule has 2 unspecified atom stereocenters. The predicted octanol–water partition coefficient (Wildman–Crippen LogP) is 1.05. The van der Waals surface area contributed by atoms with Crippen LogP contribution in [0.3, 0.4) is 0 Å². The first kappa shape index (κ1) is 25.3. The van der Waals surface area contributed by atoms with E-state index in [1.807, 2.05) is 0 Å². The third-order valence-corrected chi connectivity index (χ3v) is 3.99. The van der Waals surface area contributed by atoms with E-state index in [-0.39, 0.29) is 28.9 Å². The number of hydrogen-bond acceptors (Lipinski definition) is 11. The molecule has 0 aliphatic heterocycles. The van der Waals surface area contributed by atoms with Gasteiger partial charge in [0.2, 0.25) is 6.29 Å². The fraction of sp³-hybridized carbons (Fsp3) is 0.273. The van der Waals surface area contributed by atoms with Gasteiger partial charge in [0.15, 0.2) is 6.61 Å². The van der Waals surface area contributed by atoms with Crippen LogP contribution in [0.1, 0.15) is 48.4 Å². The third kappa shape index (κ3) is 7.59. The van der Waals surface area contributed by atoms with Gasteiger partial charge in [0.25, 0.3) is 0 Å². The molecular weight excluding hydrogens is 440 g/mol. The average Bonchev–Trinajstić information content (AvgIpc) is 2.79. The Labute approximate surface area is 188 Å². The Hall–Kier alpha value is -3.96. The summed E-state index contributed by atoms with van der Waals surface area (Å²) in [5.74, 6) is -3.82. The molecule has 2 aromatic rings. The predicted molar refractivity (Wildman–Crippen MR) is 110 cm³/mol. The van der Waals surface area contributed by atoms with Crippen LogP contribution in [0.2, 0.25) is 0 Å². The number of aliphatic hydroxyl groups is 2. The Kier molecular flexibility index (Phi) is 8.89. The second-order valence-corrected chi connectivity index (χ2v) is 6.74. The van der Waals surface area contributed by atoms with Crippen molar-refractivity contribution in [2.24, 2.45) is 0 Å². The van der Waals surface area contributed by atoms with Crippen LogP contribution in [0.5, 0.6) is 5.75 Å². The topological polar surface area (TPSA) is 166 Å². The Balaban J connectivity index is 1.90. The van der Waals surface area contributed by atoms with E-state index in [2.05, 4.69) is 4.74 Å². The maximum atomic E-state index is 12.1. The molecule has 0 heterocycles. The second kappa shape index (κ2) is 11.6. The zero-order valence-electron chi connectivity index (χ0n) is 17.7. The normalized spacial score (nSPS) is 12.2. The number of ether oxygens (including phenoxy) is 4. The number of benzene rings is 2. The minimum absolute atomic E-state index is 0.0521.